The molecule has 1 fully saturated rings. The van der Waals surface area contributed by atoms with Crippen LogP contribution in [0.3, 0.4) is 0 Å². The normalized spacial score (nSPS) is 22.1. The minimum Gasteiger partial charge on any atom is -0.374 e. The summed E-state index contributed by atoms with van der Waals surface area (Å²) < 4.78 is 32.9. The van der Waals surface area contributed by atoms with Crippen LogP contribution < -0.4 is 0 Å². The fourth-order valence-electron chi connectivity index (χ4n) is 5.16. The molecular weight excluding hydrogens is 542 g/mol. The third-order valence-electron chi connectivity index (χ3n) is 7.51. The number of nitrogens with zero attached hydrogens (tertiary/aromatic N) is 1. The van der Waals surface area contributed by atoms with Crippen molar-refractivity contribution < 1.29 is 28.5 Å². The second kappa shape index (κ2) is 16.4. The van der Waals surface area contributed by atoms with Crippen molar-refractivity contribution in [3.05, 3.63) is 144 Å². The highest BCUT2D eigenvalue weighted by Gasteiger charge is 2.50. The van der Waals surface area contributed by atoms with Crippen LogP contribution in [0.1, 0.15) is 22.3 Å². The molecule has 0 aliphatic carbocycles. The van der Waals surface area contributed by atoms with Crippen LogP contribution >= 0.6 is 0 Å². The molecule has 1 aliphatic heterocycles. The molecule has 1 heterocycles. The van der Waals surface area contributed by atoms with Crippen LogP contribution in [0, 0.1) is 0 Å². The van der Waals surface area contributed by atoms with E-state index in [9.17, 15) is 0 Å². The van der Waals surface area contributed by atoms with E-state index in [-0.39, 0.29) is 0 Å². The topological polar surface area (TPSA) is 58.6 Å². The number of hydroxylamine groups is 2. The van der Waals surface area contributed by atoms with E-state index in [1.807, 2.05) is 104 Å². The standard InChI is InChI=1S/C36H41NO6/c1-37(38-2)36-35(42-26-31-21-13-6-14-22-31)34(41-25-30-19-11-5-12-20-30)33(40-24-29-17-9-4-10-18-29)32(43-36)27-39-23-28-15-7-3-8-16-28/h3-22,32-36H,23-27H2,1-2H3/t32-,33-,34+,35-,36-/m1/s1. The molecule has 1 aliphatic rings. The number of hydrogen-bond acceptors (Lipinski definition) is 7. The van der Waals surface area contributed by atoms with Crippen LogP contribution in [0.2, 0.25) is 0 Å². The number of likely N-dealkylation sites (N-methyl/N-ethyl adjacent to an activating group) is 1. The number of ether oxygens (including phenoxy) is 5. The van der Waals surface area contributed by atoms with E-state index in [1.165, 1.54) is 0 Å². The van der Waals surface area contributed by atoms with Crippen molar-refractivity contribution in [1.29, 1.82) is 0 Å². The predicted octanol–water partition coefficient (Wildman–Crippen LogP) is 6.18. The van der Waals surface area contributed by atoms with Crippen LogP contribution in [0.25, 0.3) is 0 Å². The molecule has 0 bridgehead atoms. The lowest BCUT2D eigenvalue weighted by molar-refractivity contribution is -0.341. The van der Waals surface area contributed by atoms with Gasteiger partial charge in [-0.3, -0.25) is 4.84 Å². The lowest BCUT2D eigenvalue weighted by atomic mass is 9.96. The highest BCUT2D eigenvalue weighted by molar-refractivity contribution is 5.16. The lowest BCUT2D eigenvalue weighted by Crippen LogP contribution is -2.64. The van der Waals surface area contributed by atoms with Gasteiger partial charge < -0.3 is 23.7 Å². The lowest BCUT2D eigenvalue weighted by Gasteiger charge is -2.48. The number of hydrogen-bond donors (Lipinski definition) is 0. The van der Waals surface area contributed by atoms with E-state index >= 15 is 0 Å². The van der Waals surface area contributed by atoms with Crippen molar-refractivity contribution in [2.45, 2.75) is 57.1 Å². The van der Waals surface area contributed by atoms with Gasteiger partial charge in [-0.25, -0.2) is 0 Å². The average molecular weight is 584 g/mol. The molecule has 4 aromatic carbocycles. The van der Waals surface area contributed by atoms with E-state index < -0.39 is 30.6 Å². The summed E-state index contributed by atoms with van der Waals surface area (Å²) in [5.74, 6) is 0. The summed E-state index contributed by atoms with van der Waals surface area (Å²) in [6, 6.07) is 40.4. The molecule has 5 atom stereocenters. The molecule has 5 rings (SSSR count). The first kappa shape index (κ1) is 31.0. The van der Waals surface area contributed by atoms with Crippen LogP contribution in [-0.4, -0.2) is 56.5 Å². The van der Waals surface area contributed by atoms with Gasteiger partial charge in [-0.15, -0.1) is 0 Å². The molecule has 1 saturated heterocycles. The minimum atomic E-state index is -0.573. The third kappa shape index (κ3) is 9.05. The number of benzene rings is 4. The maximum absolute atomic E-state index is 6.72. The summed E-state index contributed by atoms with van der Waals surface area (Å²) in [5, 5.41) is 1.67. The van der Waals surface area contributed by atoms with E-state index in [0.29, 0.717) is 33.0 Å². The van der Waals surface area contributed by atoms with Crippen molar-refractivity contribution in [1.82, 2.24) is 5.06 Å². The molecule has 43 heavy (non-hydrogen) atoms. The Morgan fingerprint density at radius 1 is 0.535 bits per heavy atom. The Morgan fingerprint density at radius 2 is 0.930 bits per heavy atom. The molecule has 0 unspecified atom stereocenters. The van der Waals surface area contributed by atoms with Crippen molar-refractivity contribution in [3.8, 4) is 0 Å². The zero-order chi connectivity index (χ0) is 29.7. The fraction of sp³-hybridized carbons (Fsp3) is 0.333. The van der Waals surface area contributed by atoms with Gasteiger partial charge in [0.1, 0.15) is 24.4 Å². The Bertz CT molecular complexity index is 1310. The zero-order valence-electron chi connectivity index (χ0n) is 24.9. The van der Waals surface area contributed by atoms with Crippen molar-refractivity contribution in [2.75, 3.05) is 20.8 Å². The highest BCUT2D eigenvalue weighted by Crippen LogP contribution is 2.32. The molecule has 0 N–H and O–H groups in total. The summed E-state index contributed by atoms with van der Waals surface area (Å²) in [6.45, 7) is 1.93. The Morgan fingerprint density at radius 3 is 1.37 bits per heavy atom. The maximum atomic E-state index is 6.72. The van der Waals surface area contributed by atoms with Crippen LogP contribution in [0.5, 0.6) is 0 Å². The maximum Gasteiger partial charge on any atom is 0.162 e. The van der Waals surface area contributed by atoms with Gasteiger partial charge in [0.15, 0.2) is 6.23 Å². The predicted molar refractivity (Wildman–Crippen MR) is 165 cm³/mol. The Kier molecular flexibility index (Phi) is 11.9. The largest absolute Gasteiger partial charge is 0.374 e. The van der Waals surface area contributed by atoms with Gasteiger partial charge in [-0.05, 0) is 22.3 Å². The monoisotopic (exact) mass is 583 g/mol. The van der Waals surface area contributed by atoms with Gasteiger partial charge in [0.05, 0.1) is 40.1 Å². The molecule has 0 spiro atoms. The van der Waals surface area contributed by atoms with Crippen LogP contribution in [-0.2, 0) is 54.9 Å². The molecular formula is C36H41NO6. The van der Waals surface area contributed by atoms with Crippen molar-refractivity contribution in [3.63, 3.8) is 0 Å². The van der Waals surface area contributed by atoms with Crippen LogP contribution in [0.15, 0.2) is 121 Å². The molecule has 0 aromatic heterocycles. The second-order valence-corrected chi connectivity index (χ2v) is 10.6. The molecule has 7 heteroatoms. The Labute approximate surface area is 254 Å². The van der Waals surface area contributed by atoms with E-state index in [4.69, 9.17) is 28.5 Å². The summed E-state index contributed by atoms with van der Waals surface area (Å²) in [5.41, 5.74) is 4.27. The zero-order valence-corrected chi connectivity index (χ0v) is 24.9. The fourth-order valence-corrected chi connectivity index (χ4v) is 5.16. The van der Waals surface area contributed by atoms with Gasteiger partial charge in [0.2, 0.25) is 0 Å². The number of rotatable bonds is 15. The van der Waals surface area contributed by atoms with Crippen molar-refractivity contribution >= 4 is 0 Å². The first-order chi connectivity index (χ1) is 21.2. The van der Waals surface area contributed by atoms with Crippen molar-refractivity contribution in [2.24, 2.45) is 0 Å². The minimum absolute atomic E-state index is 0.305. The summed E-state index contributed by atoms with van der Waals surface area (Å²) in [7, 11) is 3.46. The first-order valence-electron chi connectivity index (χ1n) is 14.7. The molecule has 226 valence electrons. The van der Waals surface area contributed by atoms with E-state index in [2.05, 4.69) is 24.3 Å². The van der Waals surface area contributed by atoms with Gasteiger partial charge in [0.25, 0.3) is 0 Å². The summed E-state index contributed by atoms with van der Waals surface area (Å²) in [6.07, 6.45) is -2.53. The van der Waals surface area contributed by atoms with Gasteiger partial charge in [-0.1, -0.05) is 121 Å². The molecule has 0 saturated carbocycles. The van der Waals surface area contributed by atoms with E-state index in [0.717, 1.165) is 22.3 Å². The Balaban J connectivity index is 1.43. The van der Waals surface area contributed by atoms with E-state index in [1.54, 1.807) is 12.2 Å². The second-order valence-electron chi connectivity index (χ2n) is 10.6. The summed E-state index contributed by atoms with van der Waals surface area (Å²) >= 11 is 0. The van der Waals surface area contributed by atoms with Crippen LogP contribution in [0.4, 0.5) is 0 Å². The quantitative estimate of drug-likeness (QED) is 0.155. The van der Waals surface area contributed by atoms with Gasteiger partial charge in [-0.2, -0.15) is 5.06 Å². The third-order valence-corrected chi connectivity index (χ3v) is 7.51. The molecule has 0 radical (unpaired) electrons. The first-order valence-corrected chi connectivity index (χ1v) is 14.7. The molecule has 7 nitrogen and oxygen atoms in total. The average Bonchev–Trinajstić information content (AvgIpc) is 3.07. The summed E-state index contributed by atoms with van der Waals surface area (Å²) in [4.78, 5) is 5.66. The SMILES string of the molecule is CON(C)[C@@H]1O[C@H](COCc2ccccc2)[C@@H](OCc2ccccc2)[C@H](OCc2ccccc2)[C@H]1OCc1ccccc1. The van der Waals surface area contributed by atoms with Gasteiger partial charge in [0, 0.05) is 7.05 Å². The molecule has 4 aromatic rings. The highest BCUT2D eigenvalue weighted by atomic mass is 16.7. The smallest absolute Gasteiger partial charge is 0.162 e. The molecule has 0 amide bonds. The Hall–Kier alpha value is -3.40. The van der Waals surface area contributed by atoms with Gasteiger partial charge >= 0.3 is 0 Å².